The number of likely N-dealkylation sites (tertiary alicyclic amines) is 1. The van der Waals surface area contributed by atoms with Crippen LogP contribution in [-0.2, 0) is 28.6 Å². The molecule has 4 saturated heterocycles. The number of ether oxygens (including phenoxy) is 3. The Morgan fingerprint density at radius 3 is 2.66 bits per heavy atom. The number of piperidine rings is 1. The Hall–Kier alpha value is -2.01. The van der Waals surface area contributed by atoms with Crippen molar-refractivity contribution in [3.05, 3.63) is 11.6 Å². The number of aliphatic hydroxyl groups is 1. The highest BCUT2D eigenvalue weighted by atomic mass is 16.6. The number of carbonyl (C=O) groups excluding carboxylic acids is 3. The first-order valence-electron chi connectivity index (χ1n) is 15.7. The first-order chi connectivity index (χ1) is 19.5. The zero-order valence-corrected chi connectivity index (χ0v) is 24.9. The minimum Gasteiger partial charge on any atom is -0.462 e. The van der Waals surface area contributed by atoms with Crippen molar-refractivity contribution in [3.63, 3.8) is 0 Å². The first kappa shape index (κ1) is 30.4. The Kier molecular flexibility index (Phi) is 9.14. The van der Waals surface area contributed by atoms with Gasteiger partial charge in [-0.15, -0.1) is 0 Å². The van der Waals surface area contributed by atoms with E-state index in [1.54, 1.807) is 13.0 Å². The van der Waals surface area contributed by atoms with Crippen LogP contribution in [0.4, 0.5) is 0 Å². The van der Waals surface area contributed by atoms with Gasteiger partial charge in [0.15, 0.2) is 0 Å². The van der Waals surface area contributed by atoms with Gasteiger partial charge in [0.25, 0.3) is 0 Å². The maximum atomic E-state index is 13.3. The van der Waals surface area contributed by atoms with E-state index in [1.807, 2.05) is 18.7 Å². The van der Waals surface area contributed by atoms with Gasteiger partial charge >= 0.3 is 11.9 Å². The fourth-order valence-electron chi connectivity index (χ4n) is 7.95. The van der Waals surface area contributed by atoms with Gasteiger partial charge in [0, 0.05) is 57.5 Å². The molecule has 10 heteroatoms. The van der Waals surface area contributed by atoms with E-state index >= 15 is 0 Å². The lowest BCUT2D eigenvalue weighted by Crippen LogP contribution is -2.57. The second-order valence-electron chi connectivity index (χ2n) is 13.5. The predicted molar refractivity (Wildman–Crippen MR) is 151 cm³/mol. The van der Waals surface area contributed by atoms with E-state index in [4.69, 9.17) is 19.9 Å². The summed E-state index contributed by atoms with van der Waals surface area (Å²) >= 11 is 0. The van der Waals surface area contributed by atoms with Gasteiger partial charge in [-0.25, -0.2) is 4.79 Å². The Balaban J connectivity index is 1.41. The van der Waals surface area contributed by atoms with Gasteiger partial charge in [-0.3, -0.25) is 9.59 Å². The lowest BCUT2D eigenvalue weighted by molar-refractivity contribution is -0.207. The molecule has 0 aromatic rings. The molecule has 0 aromatic carbocycles. The molecule has 1 saturated carbocycles. The summed E-state index contributed by atoms with van der Waals surface area (Å²) in [6.07, 6.45) is 7.96. The summed E-state index contributed by atoms with van der Waals surface area (Å²) in [6, 6.07) is 0. The molecule has 10 nitrogen and oxygen atoms in total. The van der Waals surface area contributed by atoms with Crippen LogP contribution in [0.1, 0.15) is 85.0 Å². The third-order valence-electron chi connectivity index (χ3n) is 10.6. The van der Waals surface area contributed by atoms with Crippen LogP contribution in [0.25, 0.3) is 0 Å². The Morgan fingerprint density at radius 2 is 1.98 bits per heavy atom. The molecule has 5 aliphatic rings. The van der Waals surface area contributed by atoms with Gasteiger partial charge < -0.3 is 35.3 Å². The topological polar surface area (TPSA) is 140 Å². The number of rotatable bonds is 9. The Bertz CT molecular complexity index is 1030. The second-order valence-corrected chi connectivity index (χ2v) is 13.5. The molecule has 4 N–H and O–H groups in total. The van der Waals surface area contributed by atoms with Gasteiger partial charge in [0.2, 0.25) is 5.91 Å². The van der Waals surface area contributed by atoms with Crippen molar-refractivity contribution in [2.24, 2.45) is 29.4 Å². The summed E-state index contributed by atoms with van der Waals surface area (Å²) in [5.74, 6) is 0.406. The van der Waals surface area contributed by atoms with Crippen molar-refractivity contribution in [1.82, 2.24) is 10.2 Å². The highest BCUT2D eigenvalue weighted by molar-refractivity contribution is 5.88. The van der Waals surface area contributed by atoms with Crippen LogP contribution in [-0.4, -0.2) is 83.7 Å². The van der Waals surface area contributed by atoms with Crippen LogP contribution in [0.2, 0.25) is 0 Å². The average molecular weight is 576 g/mol. The highest BCUT2D eigenvalue weighted by Gasteiger charge is 2.60. The van der Waals surface area contributed by atoms with E-state index in [0.29, 0.717) is 50.1 Å². The number of amides is 1. The molecule has 7 unspecified atom stereocenters. The summed E-state index contributed by atoms with van der Waals surface area (Å²) in [5.41, 5.74) is 5.06. The number of carbonyl (C=O) groups is 3. The number of nitrogens with two attached hydrogens (primary N) is 1. The van der Waals surface area contributed by atoms with Crippen LogP contribution in [0.3, 0.4) is 0 Å². The monoisotopic (exact) mass is 575 g/mol. The molecule has 4 aliphatic heterocycles. The lowest BCUT2D eigenvalue weighted by Gasteiger charge is -2.48. The van der Waals surface area contributed by atoms with Crippen LogP contribution >= 0.6 is 0 Å². The molecule has 41 heavy (non-hydrogen) atoms. The van der Waals surface area contributed by atoms with Crippen molar-refractivity contribution in [3.8, 4) is 0 Å². The number of nitrogens with one attached hydrogen (secondary N) is 1. The van der Waals surface area contributed by atoms with Crippen LogP contribution < -0.4 is 11.1 Å². The van der Waals surface area contributed by atoms with E-state index < -0.39 is 17.2 Å². The predicted octanol–water partition coefficient (Wildman–Crippen LogP) is 2.42. The molecule has 5 fully saturated rings. The number of esters is 2. The number of fused-ring (bicyclic) bond motifs is 2. The maximum Gasteiger partial charge on any atom is 0.334 e. The molecule has 8 atom stereocenters. The SMILES string of the molecule is CC=C(CCO)C(=O)OC(C)(C)[C@@]1(CC2CC(N)NCC2CC(=O)N2CCC2)CC2CC3CCC(=O)OC3CC2O1. The Labute approximate surface area is 243 Å². The second kappa shape index (κ2) is 12.3. The molecular formula is C31H49N3O7. The van der Waals surface area contributed by atoms with Gasteiger partial charge in [-0.05, 0) is 83.0 Å². The summed E-state index contributed by atoms with van der Waals surface area (Å²) in [4.78, 5) is 40.3. The molecule has 1 aliphatic carbocycles. The molecular weight excluding hydrogens is 526 g/mol. The third kappa shape index (κ3) is 6.36. The fraction of sp³-hybridized carbons (Fsp3) is 0.839. The summed E-state index contributed by atoms with van der Waals surface area (Å²) in [6.45, 7) is 7.82. The first-order valence-corrected chi connectivity index (χ1v) is 15.7. The molecule has 1 amide bonds. The van der Waals surface area contributed by atoms with Gasteiger partial charge in [-0.1, -0.05) is 6.08 Å². The molecule has 0 radical (unpaired) electrons. The number of nitrogens with zero attached hydrogens (tertiary/aromatic N) is 1. The van der Waals surface area contributed by atoms with Gasteiger partial charge in [0.1, 0.15) is 17.3 Å². The molecule has 0 spiro atoms. The zero-order valence-electron chi connectivity index (χ0n) is 24.9. The summed E-state index contributed by atoms with van der Waals surface area (Å²) in [5, 5.41) is 12.9. The van der Waals surface area contributed by atoms with Crippen molar-refractivity contribution in [2.45, 2.75) is 115 Å². The molecule has 230 valence electrons. The van der Waals surface area contributed by atoms with Crippen LogP contribution in [0.5, 0.6) is 0 Å². The average Bonchev–Trinajstić information content (AvgIpc) is 3.24. The molecule has 0 aromatic heterocycles. The lowest BCUT2D eigenvalue weighted by atomic mass is 9.67. The van der Waals surface area contributed by atoms with E-state index in [2.05, 4.69) is 5.32 Å². The van der Waals surface area contributed by atoms with E-state index in [1.165, 1.54) is 0 Å². The standard InChI is InChI=1S/C31H49N3O7/c1-4-19(8-11-35)29(38)41-30(2,3)31(17-22-12-20-6-7-28(37)39-24(20)15-25(22)40-31)16-21-13-26(32)33-18-23(21)14-27(36)34-9-5-10-34/h4,20-26,33,35H,5-18,32H2,1-3H3/t20?,21?,22?,23?,24?,25?,26?,31-/m1/s1. The van der Waals surface area contributed by atoms with Crippen molar-refractivity contribution in [2.75, 3.05) is 26.2 Å². The number of allylic oxidation sites excluding steroid dienone is 1. The largest absolute Gasteiger partial charge is 0.462 e. The number of aliphatic hydroxyl groups excluding tert-OH is 1. The normalized spacial score (nSPS) is 37.5. The molecule has 4 heterocycles. The van der Waals surface area contributed by atoms with Crippen LogP contribution in [0.15, 0.2) is 11.6 Å². The van der Waals surface area contributed by atoms with Crippen LogP contribution in [0, 0.1) is 23.7 Å². The minimum absolute atomic E-state index is 0.0986. The van der Waals surface area contributed by atoms with Crippen molar-refractivity contribution < 1.29 is 33.7 Å². The minimum atomic E-state index is -0.992. The van der Waals surface area contributed by atoms with Gasteiger partial charge in [-0.2, -0.15) is 0 Å². The van der Waals surface area contributed by atoms with E-state index in [0.717, 1.165) is 38.8 Å². The molecule has 5 rings (SSSR count). The molecule has 0 bridgehead atoms. The van der Waals surface area contributed by atoms with Crippen molar-refractivity contribution >= 4 is 17.8 Å². The van der Waals surface area contributed by atoms with E-state index in [-0.39, 0.29) is 61.0 Å². The fourth-order valence-corrected chi connectivity index (χ4v) is 7.95. The summed E-state index contributed by atoms with van der Waals surface area (Å²) in [7, 11) is 0. The van der Waals surface area contributed by atoms with E-state index in [9.17, 15) is 19.5 Å². The zero-order chi connectivity index (χ0) is 29.4. The smallest absolute Gasteiger partial charge is 0.334 e. The summed E-state index contributed by atoms with van der Waals surface area (Å²) < 4.78 is 19.1. The maximum absolute atomic E-state index is 13.3. The van der Waals surface area contributed by atoms with Gasteiger partial charge in [0.05, 0.1) is 12.3 Å². The Morgan fingerprint density at radius 1 is 1.20 bits per heavy atom. The number of hydrogen-bond acceptors (Lipinski definition) is 9. The highest BCUT2D eigenvalue weighted by Crippen LogP contribution is 2.55. The number of hydrogen-bond donors (Lipinski definition) is 3. The van der Waals surface area contributed by atoms with Crippen molar-refractivity contribution in [1.29, 1.82) is 0 Å². The third-order valence-corrected chi connectivity index (χ3v) is 10.6. The quantitative estimate of drug-likeness (QED) is 0.279.